The molecule has 2 aromatic rings. The predicted molar refractivity (Wildman–Crippen MR) is 99.5 cm³/mol. The van der Waals surface area contributed by atoms with Gasteiger partial charge in [0.15, 0.2) is 6.61 Å². The molecule has 0 radical (unpaired) electrons. The summed E-state index contributed by atoms with van der Waals surface area (Å²) in [4.78, 5) is 11.5. The average Bonchev–Trinajstić information content (AvgIpc) is 3.12. The zero-order chi connectivity index (χ0) is 17.9. The van der Waals surface area contributed by atoms with Crippen molar-refractivity contribution >= 4 is 23.4 Å². The van der Waals surface area contributed by atoms with E-state index < -0.39 is 0 Å². The van der Waals surface area contributed by atoms with Gasteiger partial charge in [-0.1, -0.05) is 30.3 Å². The first-order chi connectivity index (χ1) is 12.7. The van der Waals surface area contributed by atoms with Crippen molar-refractivity contribution in [1.29, 1.82) is 0 Å². The van der Waals surface area contributed by atoms with Crippen molar-refractivity contribution in [2.45, 2.75) is 6.92 Å². The molecule has 0 aromatic heterocycles. The molecule has 0 bridgehead atoms. The molecule has 0 amide bonds. The van der Waals surface area contributed by atoms with Crippen LogP contribution in [0.2, 0.25) is 0 Å². The third kappa shape index (κ3) is 3.14. The maximum Gasteiger partial charge on any atom is 0.344 e. The van der Waals surface area contributed by atoms with E-state index in [0.717, 1.165) is 11.4 Å². The Kier molecular flexibility index (Phi) is 4.33. The van der Waals surface area contributed by atoms with Gasteiger partial charge < -0.3 is 9.47 Å². The van der Waals surface area contributed by atoms with Crippen molar-refractivity contribution in [2.24, 2.45) is 0 Å². The molecule has 6 nitrogen and oxygen atoms in total. The molecule has 0 fully saturated rings. The van der Waals surface area contributed by atoms with E-state index >= 15 is 0 Å². The second-order valence-electron chi connectivity index (χ2n) is 5.85. The van der Waals surface area contributed by atoms with Gasteiger partial charge in [-0.05, 0) is 30.7 Å². The van der Waals surface area contributed by atoms with Gasteiger partial charge in [0.25, 0.3) is 0 Å². The number of benzene rings is 2. The number of nitrogens with one attached hydrogen (secondary N) is 1. The van der Waals surface area contributed by atoms with Crippen LogP contribution in [0.4, 0.5) is 5.69 Å². The van der Waals surface area contributed by atoms with Crippen LogP contribution in [0.1, 0.15) is 18.1 Å². The highest BCUT2D eigenvalue weighted by Gasteiger charge is 2.25. The molecule has 1 N–H and O–H groups in total. The monoisotopic (exact) mass is 349 g/mol. The predicted octanol–water partition coefficient (Wildman–Crippen LogP) is 3.15. The number of carbonyl (C=O) groups is 1. The van der Waals surface area contributed by atoms with Crippen LogP contribution in [0.5, 0.6) is 5.75 Å². The Hall–Kier alpha value is -3.25. The lowest BCUT2D eigenvalue weighted by Gasteiger charge is -2.24. The van der Waals surface area contributed by atoms with E-state index in [0.29, 0.717) is 12.4 Å². The number of nitrogens with zero attached hydrogens (tertiary/aromatic N) is 2. The summed E-state index contributed by atoms with van der Waals surface area (Å²) in [5.74, 6) is 0.231. The fourth-order valence-electron chi connectivity index (χ4n) is 2.93. The minimum atomic E-state index is -0.377. The first-order valence-electron chi connectivity index (χ1n) is 8.47. The second-order valence-corrected chi connectivity index (χ2v) is 5.85. The molecule has 6 heteroatoms. The number of carbonyl (C=O) groups excluding carboxylic acids is 1. The molecule has 132 valence electrons. The lowest BCUT2D eigenvalue weighted by atomic mass is 10.0. The number of esters is 1. The fraction of sp³-hybridized carbons (Fsp3) is 0.150. The maximum absolute atomic E-state index is 11.5. The van der Waals surface area contributed by atoms with E-state index in [1.54, 1.807) is 6.92 Å². The van der Waals surface area contributed by atoms with Gasteiger partial charge in [-0.2, -0.15) is 0 Å². The molecule has 0 aliphatic carbocycles. The number of hydrogen-bond donors (Lipinski definition) is 1. The summed E-state index contributed by atoms with van der Waals surface area (Å²) >= 11 is 0. The van der Waals surface area contributed by atoms with Crippen LogP contribution in [0.15, 0.2) is 60.9 Å². The lowest BCUT2D eigenvalue weighted by molar-refractivity contribution is -0.145. The minimum absolute atomic E-state index is 0.103. The average molecular weight is 349 g/mol. The van der Waals surface area contributed by atoms with E-state index in [4.69, 9.17) is 9.47 Å². The molecule has 0 unspecified atom stereocenters. The first-order valence-corrected chi connectivity index (χ1v) is 8.47. The van der Waals surface area contributed by atoms with Crippen molar-refractivity contribution in [3.63, 3.8) is 0 Å². The Bertz CT molecular complexity index is 891. The van der Waals surface area contributed by atoms with Gasteiger partial charge in [-0.25, -0.2) is 4.79 Å². The van der Waals surface area contributed by atoms with Crippen LogP contribution in [-0.2, 0) is 9.53 Å². The molecule has 0 spiro atoms. The van der Waals surface area contributed by atoms with Crippen molar-refractivity contribution in [3.05, 3.63) is 72.1 Å². The zero-order valence-corrected chi connectivity index (χ0v) is 14.4. The summed E-state index contributed by atoms with van der Waals surface area (Å²) in [7, 11) is 0. The quantitative estimate of drug-likeness (QED) is 0.837. The Morgan fingerprint density at radius 1 is 1.12 bits per heavy atom. The summed E-state index contributed by atoms with van der Waals surface area (Å²) in [6, 6.07) is 15.8. The van der Waals surface area contributed by atoms with E-state index in [2.05, 4.69) is 23.7 Å². The number of fused-ring (bicyclic) bond motifs is 3. The second kappa shape index (κ2) is 6.93. The van der Waals surface area contributed by atoms with Crippen LogP contribution < -0.4 is 15.3 Å². The van der Waals surface area contributed by atoms with Gasteiger partial charge in [-0.3, -0.25) is 10.0 Å². The first kappa shape index (κ1) is 16.2. The largest absolute Gasteiger partial charge is 0.482 e. The summed E-state index contributed by atoms with van der Waals surface area (Å²) in [5.41, 5.74) is 7.63. The number of ether oxygens (including phenoxy) is 2. The molecule has 2 aliphatic rings. The zero-order valence-electron chi connectivity index (χ0n) is 14.4. The van der Waals surface area contributed by atoms with Gasteiger partial charge in [0.05, 0.1) is 18.0 Å². The van der Waals surface area contributed by atoms with Crippen molar-refractivity contribution in [1.82, 2.24) is 10.5 Å². The van der Waals surface area contributed by atoms with Gasteiger partial charge in [-0.15, -0.1) is 5.53 Å². The summed E-state index contributed by atoms with van der Waals surface area (Å²) in [6.45, 7) is 2.01. The molecule has 2 aromatic carbocycles. The molecular weight excluding hydrogens is 330 g/mol. The van der Waals surface area contributed by atoms with E-state index in [-0.39, 0.29) is 12.6 Å². The van der Waals surface area contributed by atoms with Crippen molar-refractivity contribution < 1.29 is 14.3 Å². The Labute approximate surface area is 151 Å². The third-order valence-electron chi connectivity index (χ3n) is 4.12. The van der Waals surface area contributed by atoms with Crippen LogP contribution in [0, 0.1) is 0 Å². The lowest BCUT2D eigenvalue weighted by Crippen LogP contribution is -2.37. The van der Waals surface area contributed by atoms with Gasteiger partial charge >= 0.3 is 5.97 Å². The van der Waals surface area contributed by atoms with Gasteiger partial charge in [0.2, 0.25) is 0 Å². The highest BCUT2D eigenvalue weighted by Crippen LogP contribution is 2.33. The molecule has 2 heterocycles. The van der Waals surface area contributed by atoms with E-state index in [1.165, 1.54) is 11.1 Å². The Balaban J connectivity index is 1.53. The van der Waals surface area contributed by atoms with Crippen molar-refractivity contribution in [3.8, 4) is 5.75 Å². The molecule has 2 aliphatic heterocycles. The van der Waals surface area contributed by atoms with Crippen LogP contribution in [0.25, 0.3) is 11.8 Å². The number of hydrazine groups is 2. The summed E-state index contributed by atoms with van der Waals surface area (Å²) in [5, 5.41) is 3.88. The summed E-state index contributed by atoms with van der Waals surface area (Å²) < 4.78 is 10.4. The highest BCUT2D eigenvalue weighted by molar-refractivity contribution is 5.80. The fourth-order valence-corrected chi connectivity index (χ4v) is 2.93. The normalized spacial score (nSPS) is 14.6. The maximum atomic E-state index is 11.5. The SMILES string of the molecule is CCOC(=O)COc1cccc(N2C=C3c4ccccc4C=CN3N2)c1. The van der Waals surface area contributed by atoms with Crippen LogP contribution in [0.3, 0.4) is 0 Å². The minimum Gasteiger partial charge on any atom is -0.482 e. The molecule has 4 rings (SSSR count). The topological polar surface area (TPSA) is 54.0 Å². The van der Waals surface area contributed by atoms with E-state index in [9.17, 15) is 4.79 Å². The molecule has 26 heavy (non-hydrogen) atoms. The van der Waals surface area contributed by atoms with Gasteiger partial charge in [0, 0.05) is 24.0 Å². The number of hydrogen-bond acceptors (Lipinski definition) is 6. The third-order valence-corrected chi connectivity index (χ3v) is 4.12. The molecule has 0 atom stereocenters. The van der Waals surface area contributed by atoms with E-state index in [1.807, 2.05) is 58.8 Å². The molecular formula is C20H19N3O3. The molecule has 0 saturated carbocycles. The van der Waals surface area contributed by atoms with Gasteiger partial charge in [0.1, 0.15) is 5.75 Å². The van der Waals surface area contributed by atoms with Crippen molar-refractivity contribution in [2.75, 3.05) is 18.2 Å². The highest BCUT2D eigenvalue weighted by atomic mass is 16.6. The summed E-state index contributed by atoms with van der Waals surface area (Å²) in [6.07, 6.45) is 6.10. The number of rotatable bonds is 5. The standard InChI is InChI=1S/C20H19N3O3/c1-2-25-20(24)14-26-17-8-5-7-16(12-17)23-13-19-18-9-4-3-6-15(18)10-11-22(19)21-23/h3-13,21H,2,14H2,1H3. The number of anilines is 1. The Morgan fingerprint density at radius 2 is 2.00 bits per heavy atom. The molecule has 0 saturated heterocycles. The Morgan fingerprint density at radius 3 is 2.88 bits per heavy atom. The van der Waals surface area contributed by atoms with Crippen LogP contribution >= 0.6 is 0 Å². The van der Waals surface area contributed by atoms with Crippen LogP contribution in [-0.4, -0.2) is 24.2 Å². The smallest absolute Gasteiger partial charge is 0.344 e.